The van der Waals surface area contributed by atoms with Crippen molar-refractivity contribution in [3.63, 3.8) is 0 Å². The lowest BCUT2D eigenvalue weighted by molar-refractivity contribution is -0.116. The topological polar surface area (TPSA) is 87.5 Å². The fourth-order valence-corrected chi connectivity index (χ4v) is 5.25. The molecule has 0 bridgehead atoms. The second kappa shape index (κ2) is 8.40. The summed E-state index contributed by atoms with van der Waals surface area (Å²) in [5.41, 5.74) is 3.58. The number of anilines is 1. The average molecular weight is 465 g/mol. The standard InChI is InChI=1S/C24H24N4O4S/c1-5-32-15-7-9-18-20(11-15)33-24(25-18)28-23-22(13(2)27-28)17(12-21(29)26-23)16-8-6-14(30-3)10-19(16)31-4/h6-11,17H,5,12H2,1-4H3,(H,26,29)/t17-/m1/s1. The van der Waals surface area contributed by atoms with Gasteiger partial charge in [-0.25, -0.2) is 4.98 Å². The monoisotopic (exact) mass is 464 g/mol. The Balaban J connectivity index is 1.62. The van der Waals surface area contributed by atoms with E-state index in [1.807, 2.05) is 50.2 Å². The fraction of sp³-hybridized carbons (Fsp3) is 0.292. The number of ether oxygens (including phenoxy) is 3. The summed E-state index contributed by atoms with van der Waals surface area (Å²) < 4.78 is 19.3. The molecule has 1 N–H and O–H groups in total. The molecule has 1 atom stereocenters. The SMILES string of the molecule is CCOc1ccc2nc(-n3nc(C)c4c3NC(=O)C[C@@H]4c3ccc(OC)cc3OC)sc2c1. The van der Waals surface area contributed by atoms with E-state index in [2.05, 4.69) is 5.32 Å². The first-order chi connectivity index (χ1) is 16.0. The zero-order chi connectivity index (χ0) is 23.1. The Bertz CT molecular complexity index is 1360. The number of nitrogens with zero attached hydrogens (tertiary/aromatic N) is 3. The van der Waals surface area contributed by atoms with Gasteiger partial charge < -0.3 is 19.5 Å². The molecule has 3 heterocycles. The van der Waals surface area contributed by atoms with E-state index in [-0.39, 0.29) is 11.8 Å². The highest BCUT2D eigenvalue weighted by atomic mass is 32.1. The number of aryl methyl sites for hydroxylation is 1. The van der Waals surface area contributed by atoms with E-state index in [1.165, 1.54) is 11.3 Å². The lowest BCUT2D eigenvalue weighted by Gasteiger charge is -2.25. The van der Waals surface area contributed by atoms with Crippen LogP contribution in [0.5, 0.6) is 17.2 Å². The third-order valence-electron chi connectivity index (χ3n) is 5.76. The van der Waals surface area contributed by atoms with Crippen molar-refractivity contribution >= 4 is 33.3 Å². The van der Waals surface area contributed by atoms with Gasteiger partial charge in [0.05, 0.1) is 36.7 Å². The van der Waals surface area contributed by atoms with Crippen LogP contribution in [0.1, 0.15) is 36.1 Å². The minimum absolute atomic E-state index is 0.0775. The molecule has 1 aliphatic heterocycles. The van der Waals surface area contributed by atoms with E-state index < -0.39 is 0 Å². The number of fused-ring (bicyclic) bond motifs is 2. The molecule has 8 nitrogen and oxygen atoms in total. The number of nitrogens with one attached hydrogen (secondary N) is 1. The van der Waals surface area contributed by atoms with Gasteiger partial charge in [0.1, 0.15) is 23.1 Å². The number of hydrogen-bond acceptors (Lipinski definition) is 7. The molecular formula is C24H24N4O4S. The predicted molar refractivity (Wildman–Crippen MR) is 127 cm³/mol. The van der Waals surface area contributed by atoms with Crippen molar-refractivity contribution in [2.45, 2.75) is 26.2 Å². The first-order valence-electron chi connectivity index (χ1n) is 10.7. The van der Waals surface area contributed by atoms with Crippen LogP contribution in [-0.2, 0) is 4.79 Å². The van der Waals surface area contributed by atoms with Gasteiger partial charge in [-0.15, -0.1) is 0 Å². The van der Waals surface area contributed by atoms with E-state index in [0.29, 0.717) is 35.5 Å². The number of carbonyl (C=O) groups excluding carboxylic acids is 1. The minimum Gasteiger partial charge on any atom is -0.497 e. The van der Waals surface area contributed by atoms with Crippen LogP contribution in [0.15, 0.2) is 36.4 Å². The molecule has 1 aliphatic rings. The van der Waals surface area contributed by atoms with Crippen LogP contribution in [0.2, 0.25) is 0 Å². The summed E-state index contributed by atoms with van der Waals surface area (Å²) in [5, 5.41) is 8.48. The number of amides is 1. The average Bonchev–Trinajstić information content (AvgIpc) is 3.38. The lowest BCUT2D eigenvalue weighted by Crippen LogP contribution is -2.25. The van der Waals surface area contributed by atoms with Crippen molar-refractivity contribution in [2.24, 2.45) is 0 Å². The Morgan fingerprint density at radius 2 is 1.97 bits per heavy atom. The molecule has 0 saturated carbocycles. The quantitative estimate of drug-likeness (QED) is 0.446. The van der Waals surface area contributed by atoms with Crippen LogP contribution in [-0.4, -0.2) is 41.5 Å². The second-order valence-electron chi connectivity index (χ2n) is 7.73. The van der Waals surface area contributed by atoms with E-state index in [1.54, 1.807) is 18.9 Å². The Labute approximate surface area is 195 Å². The molecular weight excluding hydrogens is 440 g/mol. The Morgan fingerprint density at radius 1 is 1.15 bits per heavy atom. The van der Waals surface area contributed by atoms with Gasteiger partial charge in [0, 0.05) is 29.5 Å². The van der Waals surface area contributed by atoms with Crippen molar-refractivity contribution in [1.29, 1.82) is 0 Å². The second-order valence-corrected chi connectivity index (χ2v) is 8.74. The molecule has 1 amide bonds. The van der Waals surface area contributed by atoms with Gasteiger partial charge in [0.25, 0.3) is 0 Å². The zero-order valence-electron chi connectivity index (χ0n) is 18.8. The molecule has 0 saturated heterocycles. The molecule has 9 heteroatoms. The van der Waals surface area contributed by atoms with Crippen LogP contribution in [0.3, 0.4) is 0 Å². The van der Waals surface area contributed by atoms with Gasteiger partial charge in [-0.3, -0.25) is 4.79 Å². The molecule has 33 heavy (non-hydrogen) atoms. The number of aromatic nitrogens is 3. The van der Waals surface area contributed by atoms with E-state index in [0.717, 1.165) is 32.8 Å². The summed E-state index contributed by atoms with van der Waals surface area (Å²) in [7, 11) is 3.24. The zero-order valence-corrected chi connectivity index (χ0v) is 19.7. The fourth-order valence-electron chi connectivity index (χ4n) is 4.30. The summed E-state index contributed by atoms with van der Waals surface area (Å²) in [6.45, 7) is 4.51. The largest absolute Gasteiger partial charge is 0.497 e. The van der Waals surface area contributed by atoms with Gasteiger partial charge in [-0.2, -0.15) is 9.78 Å². The molecule has 2 aromatic carbocycles. The van der Waals surface area contributed by atoms with E-state index in [4.69, 9.17) is 24.3 Å². The first-order valence-corrected chi connectivity index (χ1v) is 11.5. The molecule has 0 radical (unpaired) electrons. The summed E-state index contributed by atoms with van der Waals surface area (Å²) in [5.74, 6) is 2.56. The smallest absolute Gasteiger partial charge is 0.226 e. The maximum atomic E-state index is 12.8. The molecule has 0 fully saturated rings. The van der Waals surface area contributed by atoms with Crippen LogP contribution in [0.4, 0.5) is 5.82 Å². The van der Waals surface area contributed by atoms with Gasteiger partial charge in [0.2, 0.25) is 11.0 Å². The number of methoxy groups -OCH3 is 2. The maximum Gasteiger partial charge on any atom is 0.226 e. The third-order valence-corrected chi connectivity index (χ3v) is 6.75. The van der Waals surface area contributed by atoms with E-state index in [9.17, 15) is 4.79 Å². The first kappa shape index (κ1) is 21.3. The van der Waals surface area contributed by atoms with Gasteiger partial charge in [-0.1, -0.05) is 17.4 Å². The van der Waals surface area contributed by atoms with Crippen LogP contribution in [0.25, 0.3) is 15.3 Å². The van der Waals surface area contributed by atoms with Crippen LogP contribution in [0, 0.1) is 6.92 Å². The van der Waals surface area contributed by atoms with E-state index >= 15 is 0 Å². The van der Waals surface area contributed by atoms with Crippen molar-refractivity contribution in [2.75, 3.05) is 26.1 Å². The van der Waals surface area contributed by atoms with Crippen LogP contribution >= 0.6 is 11.3 Å². The summed E-state index contributed by atoms with van der Waals surface area (Å²) >= 11 is 1.50. The summed E-state index contributed by atoms with van der Waals surface area (Å²) in [6, 6.07) is 11.5. The number of rotatable bonds is 6. The Kier molecular flexibility index (Phi) is 5.41. The van der Waals surface area contributed by atoms with Crippen molar-refractivity contribution in [1.82, 2.24) is 14.8 Å². The summed E-state index contributed by atoms with van der Waals surface area (Å²) in [6.07, 6.45) is 0.305. The maximum absolute atomic E-state index is 12.8. The van der Waals surface area contributed by atoms with Crippen LogP contribution < -0.4 is 19.5 Å². The van der Waals surface area contributed by atoms with Crippen molar-refractivity contribution < 1.29 is 19.0 Å². The van der Waals surface area contributed by atoms with Gasteiger partial charge in [-0.05, 0) is 38.1 Å². The molecule has 170 valence electrons. The number of thiazole rings is 1. The van der Waals surface area contributed by atoms with Crippen molar-refractivity contribution in [3.05, 3.63) is 53.2 Å². The normalized spacial score (nSPS) is 15.3. The van der Waals surface area contributed by atoms with Crippen molar-refractivity contribution in [3.8, 4) is 22.4 Å². The highest BCUT2D eigenvalue weighted by Crippen LogP contribution is 2.44. The molecule has 0 unspecified atom stereocenters. The molecule has 0 spiro atoms. The third kappa shape index (κ3) is 3.68. The molecule has 5 rings (SSSR count). The predicted octanol–water partition coefficient (Wildman–Crippen LogP) is 4.68. The molecule has 0 aliphatic carbocycles. The highest BCUT2D eigenvalue weighted by Gasteiger charge is 2.34. The molecule has 2 aromatic heterocycles. The summed E-state index contributed by atoms with van der Waals surface area (Å²) in [4.78, 5) is 17.5. The number of benzene rings is 2. The Hall–Kier alpha value is -3.59. The molecule has 4 aromatic rings. The number of carbonyl (C=O) groups is 1. The van der Waals surface area contributed by atoms with Gasteiger partial charge in [0.15, 0.2) is 0 Å². The number of hydrogen-bond donors (Lipinski definition) is 1. The van der Waals surface area contributed by atoms with Gasteiger partial charge >= 0.3 is 0 Å². The lowest BCUT2D eigenvalue weighted by atomic mass is 9.85. The Morgan fingerprint density at radius 3 is 2.73 bits per heavy atom. The minimum atomic E-state index is -0.192. The highest BCUT2D eigenvalue weighted by molar-refractivity contribution is 7.20.